The lowest BCUT2D eigenvalue weighted by atomic mass is 10.0. The number of carbonyl (C=O) groups excluding carboxylic acids is 1. The predicted octanol–water partition coefficient (Wildman–Crippen LogP) is 4.60. The van der Waals surface area contributed by atoms with Crippen molar-refractivity contribution in [3.63, 3.8) is 0 Å². The van der Waals surface area contributed by atoms with Gasteiger partial charge in [-0.1, -0.05) is 17.7 Å². The van der Waals surface area contributed by atoms with Crippen molar-refractivity contribution in [2.24, 2.45) is 0 Å². The Balaban J connectivity index is 1.77. The first-order valence-corrected chi connectivity index (χ1v) is 9.21. The Labute approximate surface area is 155 Å². The Morgan fingerprint density at radius 3 is 2.85 bits per heavy atom. The van der Waals surface area contributed by atoms with Gasteiger partial charge in [0.15, 0.2) is 0 Å². The molecule has 0 bridgehead atoms. The van der Waals surface area contributed by atoms with Crippen LogP contribution < -0.4 is 5.32 Å². The third kappa shape index (κ3) is 3.34. The second-order valence-electron chi connectivity index (χ2n) is 6.08. The van der Waals surface area contributed by atoms with E-state index >= 15 is 0 Å². The number of aryl methyl sites for hydroxylation is 1. The average molecular weight is 359 g/mol. The van der Waals surface area contributed by atoms with Crippen LogP contribution in [0.3, 0.4) is 0 Å². The fraction of sp³-hybridized carbons (Fsp3) is 0.0952. The number of aromatic nitrogens is 2. The molecule has 1 aromatic carbocycles. The molecule has 26 heavy (non-hydrogen) atoms. The minimum atomic E-state index is -0.0958. The van der Waals surface area contributed by atoms with Crippen molar-refractivity contribution in [2.45, 2.75) is 13.5 Å². The lowest BCUT2D eigenvalue weighted by molar-refractivity contribution is 0.0953. The van der Waals surface area contributed by atoms with E-state index < -0.39 is 0 Å². The number of amides is 1. The summed E-state index contributed by atoms with van der Waals surface area (Å²) in [6.45, 7) is 2.54. The van der Waals surface area contributed by atoms with Gasteiger partial charge in [0.2, 0.25) is 0 Å². The molecule has 0 aliphatic rings. The fourth-order valence-corrected chi connectivity index (χ4v) is 3.51. The van der Waals surface area contributed by atoms with E-state index in [-0.39, 0.29) is 5.91 Å². The van der Waals surface area contributed by atoms with Gasteiger partial charge in [0.25, 0.3) is 5.91 Å². The molecule has 4 nitrogen and oxygen atoms in total. The van der Waals surface area contributed by atoms with Gasteiger partial charge < -0.3 is 5.32 Å². The first-order valence-electron chi connectivity index (χ1n) is 8.33. The highest BCUT2D eigenvalue weighted by molar-refractivity contribution is 7.09. The highest BCUT2D eigenvalue weighted by Gasteiger charge is 2.14. The molecule has 0 radical (unpaired) electrons. The molecule has 0 fully saturated rings. The second-order valence-corrected chi connectivity index (χ2v) is 7.11. The van der Waals surface area contributed by atoms with Crippen molar-refractivity contribution in [3.8, 4) is 11.3 Å². The zero-order valence-electron chi connectivity index (χ0n) is 14.3. The van der Waals surface area contributed by atoms with Gasteiger partial charge in [-0.15, -0.1) is 11.3 Å². The predicted molar refractivity (Wildman–Crippen MR) is 105 cm³/mol. The Morgan fingerprint density at radius 2 is 2.08 bits per heavy atom. The van der Waals surface area contributed by atoms with Crippen LogP contribution in [0.25, 0.3) is 22.2 Å². The van der Waals surface area contributed by atoms with Crippen LogP contribution in [0.4, 0.5) is 0 Å². The van der Waals surface area contributed by atoms with Crippen LogP contribution in [0.5, 0.6) is 0 Å². The molecule has 1 N–H and O–H groups in total. The van der Waals surface area contributed by atoms with Crippen LogP contribution in [0.15, 0.2) is 66.3 Å². The Hall–Kier alpha value is -3.05. The van der Waals surface area contributed by atoms with Gasteiger partial charge in [0.1, 0.15) is 0 Å². The summed E-state index contributed by atoms with van der Waals surface area (Å²) >= 11 is 1.63. The molecule has 128 valence electrons. The smallest absolute Gasteiger partial charge is 0.252 e. The quantitative estimate of drug-likeness (QED) is 0.579. The Morgan fingerprint density at radius 1 is 1.15 bits per heavy atom. The standard InChI is InChI=1S/C21H17N3OS/c1-14-6-7-19-17(10-14)18(21(25)23-13-16-5-3-9-26-16)11-20(24-19)15-4-2-8-22-12-15/h2-12H,13H2,1H3,(H,23,25). The normalized spacial score (nSPS) is 10.8. The molecule has 0 atom stereocenters. The zero-order chi connectivity index (χ0) is 17.9. The van der Waals surface area contributed by atoms with Crippen molar-refractivity contribution < 1.29 is 4.79 Å². The summed E-state index contributed by atoms with van der Waals surface area (Å²) in [7, 11) is 0. The summed E-state index contributed by atoms with van der Waals surface area (Å²) < 4.78 is 0. The lowest BCUT2D eigenvalue weighted by Gasteiger charge is -2.11. The summed E-state index contributed by atoms with van der Waals surface area (Å²) in [5.74, 6) is -0.0958. The number of fused-ring (bicyclic) bond motifs is 1. The van der Waals surface area contributed by atoms with Crippen LogP contribution in [0.1, 0.15) is 20.8 Å². The molecule has 4 aromatic rings. The first-order chi connectivity index (χ1) is 12.7. The number of pyridine rings is 2. The number of nitrogens with one attached hydrogen (secondary N) is 1. The lowest BCUT2D eigenvalue weighted by Crippen LogP contribution is -2.22. The van der Waals surface area contributed by atoms with E-state index in [2.05, 4.69) is 10.3 Å². The van der Waals surface area contributed by atoms with E-state index in [0.29, 0.717) is 12.1 Å². The van der Waals surface area contributed by atoms with E-state index in [1.165, 1.54) is 0 Å². The molecule has 3 aromatic heterocycles. The number of benzene rings is 1. The Kier molecular flexibility index (Phi) is 4.46. The number of carbonyl (C=O) groups is 1. The van der Waals surface area contributed by atoms with E-state index in [0.717, 1.165) is 32.6 Å². The summed E-state index contributed by atoms with van der Waals surface area (Å²) in [4.78, 5) is 22.9. The van der Waals surface area contributed by atoms with Gasteiger partial charge in [-0.3, -0.25) is 9.78 Å². The third-order valence-electron chi connectivity index (χ3n) is 4.17. The van der Waals surface area contributed by atoms with Crippen LogP contribution in [-0.2, 0) is 6.54 Å². The van der Waals surface area contributed by atoms with Gasteiger partial charge in [0.05, 0.1) is 23.3 Å². The summed E-state index contributed by atoms with van der Waals surface area (Å²) in [5, 5.41) is 5.89. The van der Waals surface area contributed by atoms with E-state index in [1.54, 1.807) is 23.7 Å². The molecule has 1 amide bonds. The van der Waals surface area contributed by atoms with Crippen molar-refractivity contribution in [2.75, 3.05) is 0 Å². The Bertz CT molecular complexity index is 1060. The molecular formula is C21H17N3OS. The van der Waals surface area contributed by atoms with Crippen LogP contribution >= 0.6 is 11.3 Å². The van der Waals surface area contributed by atoms with Crippen molar-refractivity contribution >= 4 is 28.1 Å². The van der Waals surface area contributed by atoms with Crippen molar-refractivity contribution in [1.29, 1.82) is 0 Å². The molecule has 0 unspecified atom stereocenters. The molecule has 0 aliphatic carbocycles. The number of hydrogen-bond acceptors (Lipinski definition) is 4. The van der Waals surface area contributed by atoms with E-state index in [9.17, 15) is 4.79 Å². The van der Waals surface area contributed by atoms with Crippen molar-refractivity contribution in [3.05, 3.63) is 82.3 Å². The molecule has 0 aliphatic heterocycles. The number of hydrogen-bond donors (Lipinski definition) is 1. The van der Waals surface area contributed by atoms with Gasteiger partial charge in [-0.2, -0.15) is 0 Å². The molecule has 5 heteroatoms. The third-order valence-corrected chi connectivity index (χ3v) is 5.05. The first kappa shape index (κ1) is 16.4. The summed E-state index contributed by atoms with van der Waals surface area (Å²) in [6.07, 6.45) is 3.48. The largest absolute Gasteiger partial charge is 0.347 e. The summed E-state index contributed by atoms with van der Waals surface area (Å²) in [6, 6.07) is 15.6. The van der Waals surface area contributed by atoms with Gasteiger partial charge in [-0.05, 0) is 48.7 Å². The fourth-order valence-electron chi connectivity index (χ4n) is 2.87. The van der Waals surface area contributed by atoms with Crippen LogP contribution in [0.2, 0.25) is 0 Å². The highest BCUT2D eigenvalue weighted by Crippen LogP contribution is 2.25. The van der Waals surface area contributed by atoms with Crippen molar-refractivity contribution in [1.82, 2.24) is 15.3 Å². The topological polar surface area (TPSA) is 54.9 Å². The maximum Gasteiger partial charge on any atom is 0.252 e. The highest BCUT2D eigenvalue weighted by atomic mass is 32.1. The second kappa shape index (κ2) is 7.06. The molecular weight excluding hydrogens is 342 g/mol. The average Bonchev–Trinajstić information content (AvgIpc) is 3.19. The molecule has 0 spiro atoms. The number of thiophene rings is 1. The maximum absolute atomic E-state index is 12.9. The van der Waals surface area contributed by atoms with Gasteiger partial charge >= 0.3 is 0 Å². The van der Waals surface area contributed by atoms with Gasteiger partial charge in [0, 0.05) is 28.2 Å². The minimum absolute atomic E-state index is 0.0958. The van der Waals surface area contributed by atoms with Crippen LogP contribution in [0, 0.1) is 6.92 Å². The van der Waals surface area contributed by atoms with E-state index in [1.807, 2.05) is 60.8 Å². The monoisotopic (exact) mass is 359 g/mol. The number of rotatable bonds is 4. The zero-order valence-corrected chi connectivity index (χ0v) is 15.1. The van der Waals surface area contributed by atoms with Gasteiger partial charge in [-0.25, -0.2) is 4.98 Å². The SMILES string of the molecule is Cc1ccc2nc(-c3cccnc3)cc(C(=O)NCc3cccs3)c2c1. The molecule has 0 saturated carbocycles. The minimum Gasteiger partial charge on any atom is -0.347 e. The molecule has 0 saturated heterocycles. The summed E-state index contributed by atoms with van der Waals surface area (Å²) in [5.41, 5.74) is 4.17. The molecule has 4 rings (SSSR count). The van der Waals surface area contributed by atoms with E-state index in [4.69, 9.17) is 4.98 Å². The molecule has 3 heterocycles. The number of nitrogens with zero attached hydrogens (tertiary/aromatic N) is 2. The van der Waals surface area contributed by atoms with Crippen LogP contribution in [-0.4, -0.2) is 15.9 Å². The maximum atomic E-state index is 12.9.